The molecule has 0 heterocycles. The van der Waals surface area contributed by atoms with Gasteiger partial charge in [0.2, 0.25) is 0 Å². The third-order valence-corrected chi connectivity index (χ3v) is 3.83. The molecule has 88 valence electrons. The van der Waals surface area contributed by atoms with Crippen molar-refractivity contribution in [3.05, 3.63) is 58.3 Å². The van der Waals surface area contributed by atoms with Gasteiger partial charge in [0.1, 0.15) is 5.82 Å². The molecule has 2 rings (SSSR count). The smallest absolute Gasteiger partial charge is 0.150 e. The average Bonchev–Trinajstić information content (AvgIpc) is 2.31. The molecule has 0 aliphatic heterocycles. The minimum Gasteiger partial charge on any atom is -0.396 e. The first kappa shape index (κ1) is 12.5. The summed E-state index contributed by atoms with van der Waals surface area (Å²) in [5.41, 5.74) is 6.36. The number of anilines is 1. The van der Waals surface area contributed by atoms with Crippen molar-refractivity contribution in [3.8, 4) is 0 Å². The molecule has 0 aliphatic rings. The number of hydrogen-bond donors (Lipinski definition) is 1. The second-order valence-corrected chi connectivity index (χ2v) is 5.53. The maximum atomic E-state index is 13.6. The van der Waals surface area contributed by atoms with Gasteiger partial charge in [-0.15, -0.1) is 11.8 Å². The fraction of sp³-hybridized carbons (Fsp3) is 0.0769. The lowest BCUT2D eigenvalue weighted by atomic mass is 10.2. The van der Waals surface area contributed by atoms with Crippen LogP contribution in [0.2, 0.25) is 0 Å². The molecule has 0 saturated heterocycles. The van der Waals surface area contributed by atoms with Crippen LogP contribution in [0.1, 0.15) is 5.56 Å². The van der Waals surface area contributed by atoms with E-state index in [1.807, 2.05) is 24.3 Å². The van der Waals surface area contributed by atoms with E-state index in [0.29, 0.717) is 11.3 Å². The zero-order valence-electron chi connectivity index (χ0n) is 8.99. The molecule has 0 atom stereocenters. The molecule has 17 heavy (non-hydrogen) atoms. The van der Waals surface area contributed by atoms with Crippen LogP contribution in [0.5, 0.6) is 0 Å². The van der Waals surface area contributed by atoms with Crippen LogP contribution in [0, 0.1) is 5.82 Å². The van der Waals surface area contributed by atoms with E-state index in [9.17, 15) is 4.39 Å². The number of thioether (sulfide) groups is 1. The van der Waals surface area contributed by atoms with Gasteiger partial charge in [-0.3, -0.25) is 0 Å². The number of hydrogen-bond acceptors (Lipinski definition) is 2. The number of nitrogen functional groups attached to an aromatic ring is 1. The Bertz CT molecular complexity index is 531. The summed E-state index contributed by atoms with van der Waals surface area (Å²) >= 11 is 4.99. The third-order valence-electron chi connectivity index (χ3n) is 2.30. The van der Waals surface area contributed by atoms with Crippen LogP contribution in [-0.2, 0) is 5.75 Å². The van der Waals surface area contributed by atoms with E-state index in [2.05, 4.69) is 15.9 Å². The summed E-state index contributed by atoms with van der Waals surface area (Å²) in [4.78, 5) is 1.10. The second kappa shape index (κ2) is 5.56. The van der Waals surface area contributed by atoms with E-state index in [4.69, 9.17) is 5.73 Å². The average molecular weight is 312 g/mol. The van der Waals surface area contributed by atoms with Crippen molar-refractivity contribution in [2.75, 3.05) is 5.73 Å². The normalized spacial score (nSPS) is 10.5. The Morgan fingerprint density at radius 2 is 1.94 bits per heavy atom. The molecule has 0 spiro atoms. The number of benzene rings is 2. The van der Waals surface area contributed by atoms with Crippen molar-refractivity contribution in [1.29, 1.82) is 0 Å². The Kier molecular flexibility index (Phi) is 4.07. The van der Waals surface area contributed by atoms with E-state index in [0.717, 1.165) is 9.37 Å². The van der Waals surface area contributed by atoms with Crippen LogP contribution in [0.15, 0.2) is 51.8 Å². The first-order valence-electron chi connectivity index (χ1n) is 5.08. The molecule has 0 radical (unpaired) electrons. The van der Waals surface area contributed by atoms with Gasteiger partial charge in [-0.1, -0.05) is 34.1 Å². The summed E-state index contributed by atoms with van der Waals surface area (Å²) < 4.78 is 14.7. The van der Waals surface area contributed by atoms with Gasteiger partial charge in [0.15, 0.2) is 0 Å². The summed E-state index contributed by atoms with van der Waals surface area (Å²) in [5.74, 6) is 0.267. The van der Waals surface area contributed by atoms with Crippen molar-refractivity contribution < 1.29 is 4.39 Å². The summed E-state index contributed by atoms with van der Waals surface area (Å²) in [6.07, 6.45) is 0. The third kappa shape index (κ3) is 3.23. The van der Waals surface area contributed by atoms with Crippen LogP contribution in [0.3, 0.4) is 0 Å². The highest BCUT2D eigenvalue weighted by Gasteiger charge is 2.05. The van der Waals surface area contributed by atoms with Crippen molar-refractivity contribution >= 4 is 33.4 Å². The Hall–Kier alpha value is -1.00. The maximum Gasteiger partial charge on any atom is 0.150 e. The summed E-state index contributed by atoms with van der Waals surface area (Å²) in [6.45, 7) is 0. The van der Waals surface area contributed by atoms with E-state index < -0.39 is 0 Å². The highest BCUT2D eigenvalue weighted by atomic mass is 79.9. The molecule has 0 bridgehead atoms. The molecule has 0 fully saturated rings. The molecule has 0 aromatic heterocycles. The highest BCUT2D eigenvalue weighted by Crippen LogP contribution is 2.27. The zero-order valence-corrected chi connectivity index (χ0v) is 11.4. The van der Waals surface area contributed by atoms with Crippen LogP contribution in [-0.4, -0.2) is 0 Å². The maximum absolute atomic E-state index is 13.6. The zero-order chi connectivity index (χ0) is 12.3. The number of rotatable bonds is 3. The van der Waals surface area contributed by atoms with Gasteiger partial charge in [-0.05, 0) is 24.3 Å². The molecule has 0 unspecified atom stereocenters. The van der Waals surface area contributed by atoms with E-state index in [1.165, 1.54) is 0 Å². The second-order valence-electron chi connectivity index (χ2n) is 3.57. The molecule has 2 aromatic carbocycles. The van der Waals surface area contributed by atoms with Gasteiger partial charge in [0.25, 0.3) is 0 Å². The lowest BCUT2D eigenvalue weighted by Gasteiger charge is -2.05. The van der Waals surface area contributed by atoms with Gasteiger partial charge < -0.3 is 5.73 Å². The number of nitrogens with two attached hydrogens (primary N) is 1. The topological polar surface area (TPSA) is 26.0 Å². The monoisotopic (exact) mass is 311 g/mol. The van der Waals surface area contributed by atoms with Crippen molar-refractivity contribution in [2.24, 2.45) is 0 Å². The first-order valence-corrected chi connectivity index (χ1v) is 6.86. The van der Waals surface area contributed by atoms with Crippen molar-refractivity contribution in [1.82, 2.24) is 0 Å². The molecular formula is C13H11BrFNS. The van der Waals surface area contributed by atoms with Crippen LogP contribution in [0.4, 0.5) is 10.1 Å². The first-order chi connectivity index (χ1) is 8.16. The SMILES string of the molecule is Nc1cccc(CSc2cccc(Br)c2)c1F. The lowest BCUT2D eigenvalue weighted by Crippen LogP contribution is -1.94. The van der Waals surface area contributed by atoms with Crippen molar-refractivity contribution in [2.45, 2.75) is 10.6 Å². The largest absolute Gasteiger partial charge is 0.396 e. The Morgan fingerprint density at radius 1 is 1.18 bits per heavy atom. The van der Waals surface area contributed by atoms with Gasteiger partial charge >= 0.3 is 0 Å². The minimum atomic E-state index is -0.310. The predicted molar refractivity (Wildman–Crippen MR) is 74.5 cm³/mol. The molecular weight excluding hydrogens is 301 g/mol. The Balaban J connectivity index is 2.10. The minimum absolute atomic E-state index is 0.206. The lowest BCUT2D eigenvalue weighted by molar-refractivity contribution is 0.622. The summed E-state index contributed by atoms with van der Waals surface area (Å²) in [5, 5.41) is 0. The summed E-state index contributed by atoms with van der Waals surface area (Å²) in [6, 6.07) is 13.0. The van der Waals surface area contributed by atoms with E-state index in [1.54, 1.807) is 30.0 Å². The number of halogens is 2. The standard InChI is InChI=1S/C13H11BrFNS/c14-10-4-2-5-11(7-10)17-8-9-3-1-6-12(16)13(9)15/h1-7H,8,16H2. The molecule has 0 amide bonds. The molecule has 0 saturated carbocycles. The van der Waals surface area contributed by atoms with E-state index >= 15 is 0 Å². The summed E-state index contributed by atoms with van der Waals surface area (Å²) in [7, 11) is 0. The van der Waals surface area contributed by atoms with Crippen molar-refractivity contribution in [3.63, 3.8) is 0 Å². The Labute approximate surface area is 112 Å². The van der Waals surface area contributed by atoms with Gasteiger partial charge in [0.05, 0.1) is 5.69 Å². The molecule has 2 aromatic rings. The van der Waals surface area contributed by atoms with Crippen LogP contribution < -0.4 is 5.73 Å². The molecule has 0 aliphatic carbocycles. The van der Waals surface area contributed by atoms with Gasteiger partial charge in [-0.25, -0.2) is 4.39 Å². The fourth-order valence-electron chi connectivity index (χ4n) is 1.43. The highest BCUT2D eigenvalue weighted by molar-refractivity contribution is 9.10. The predicted octanol–water partition coefficient (Wildman–Crippen LogP) is 4.46. The van der Waals surface area contributed by atoms with E-state index in [-0.39, 0.29) is 11.5 Å². The molecule has 1 nitrogen and oxygen atoms in total. The molecule has 2 N–H and O–H groups in total. The quantitative estimate of drug-likeness (QED) is 0.669. The van der Waals surface area contributed by atoms with Gasteiger partial charge in [-0.2, -0.15) is 0 Å². The van der Waals surface area contributed by atoms with Crippen LogP contribution >= 0.6 is 27.7 Å². The Morgan fingerprint density at radius 3 is 2.71 bits per heavy atom. The molecule has 4 heteroatoms. The van der Waals surface area contributed by atoms with Gasteiger partial charge in [0, 0.05) is 20.7 Å². The fourth-order valence-corrected chi connectivity index (χ4v) is 2.91. The van der Waals surface area contributed by atoms with Crippen LogP contribution in [0.25, 0.3) is 0 Å².